The number of nitrogens with one attached hydrogen (secondary N) is 2. The molecule has 2 N–H and O–H groups in total. The molecule has 0 heterocycles. The molecular formula is C22H25F3N2O2. The predicted molar refractivity (Wildman–Crippen MR) is 105 cm³/mol. The maximum atomic E-state index is 12.7. The lowest BCUT2D eigenvalue weighted by Crippen LogP contribution is -2.30. The van der Waals surface area contributed by atoms with E-state index in [9.17, 15) is 22.8 Å². The standard InChI is InChI=1S/C22H25F3N2O2/c1-21(2,3)17-9-7-16(8-10-17)20(29)26-12-11-19(28)27-14-15-5-4-6-18(13-15)22(23,24)25/h4-10,13H,11-12,14H2,1-3H3,(H,26,29)(H,27,28). The third-order valence-corrected chi connectivity index (χ3v) is 4.39. The first-order chi connectivity index (χ1) is 13.5. The minimum absolute atomic E-state index is 0.00723. The minimum Gasteiger partial charge on any atom is -0.352 e. The van der Waals surface area contributed by atoms with Crippen LogP contribution >= 0.6 is 0 Å². The Morgan fingerprint density at radius 2 is 1.55 bits per heavy atom. The van der Waals surface area contributed by atoms with Crippen LogP contribution in [0.2, 0.25) is 0 Å². The second-order valence-corrected chi connectivity index (χ2v) is 7.81. The molecule has 0 fully saturated rings. The van der Waals surface area contributed by atoms with Crippen molar-refractivity contribution >= 4 is 11.8 Å². The van der Waals surface area contributed by atoms with Crippen LogP contribution in [0.25, 0.3) is 0 Å². The summed E-state index contributed by atoms with van der Waals surface area (Å²) in [6.07, 6.45) is -4.39. The molecular weight excluding hydrogens is 381 g/mol. The van der Waals surface area contributed by atoms with Crippen LogP contribution in [0.15, 0.2) is 48.5 Å². The summed E-state index contributed by atoms with van der Waals surface area (Å²) in [5.74, 6) is -0.637. The number of benzene rings is 2. The second kappa shape index (κ2) is 9.11. The Balaban J connectivity index is 1.78. The summed E-state index contributed by atoms with van der Waals surface area (Å²) >= 11 is 0. The zero-order chi connectivity index (χ0) is 21.7. The van der Waals surface area contributed by atoms with Gasteiger partial charge in [-0.1, -0.05) is 45.0 Å². The van der Waals surface area contributed by atoms with Gasteiger partial charge in [0.05, 0.1) is 5.56 Å². The van der Waals surface area contributed by atoms with Gasteiger partial charge in [0.25, 0.3) is 5.91 Å². The summed E-state index contributed by atoms with van der Waals surface area (Å²) in [4.78, 5) is 24.0. The molecule has 0 saturated carbocycles. The smallest absolute Gasteiger partial charge is 0.352 e. The third-order valence-electron chi connectivity index (χ3n) is 4.39. The maximum Gasteiger partial charge on any atom is 0.416 e. The van der Waals surface area contributed by atoms with E-state index < -0.39 is 11.7 Å². The number of carbonyl (C=O) groups is 2. The molecule has 0 bridgehead atoms. The maximum absolute atomic E-state index is 12.7. The van der Waals surface area contributed by atoms with Gasteiger partial charge in [-0.3, -0.25) is 9.59 Å². The summed E-state index contributed by atoms with van der Waals surface area (Å²) < 4.78 is 38.1. The van der Waals surface area contributed by atoms with E-state index in [-0.39, 0.29) is 36.7 Å². The fourth-order valence-electron chi connectivity index (χ4n) is 2.66. The van der Waals surface area contributed by atoms with Gasteiger partial charge in [0.1, 0.15) is 0 Å². The Hall–Kier alpha value is -2.83. The van der Waals surface area contributed by atoms with Crippen molar-refractivity contribution in [3.63, 3.8) is 0 Å². The highest BCUT2D eigenvalue weighted by Gasteiger charge is 2.30. The third kappa shape index (κ3) is 6.93. The van der Waals surface area contributed by atoms with E-state index in [1.54, 1.807) is 12.1 Å². The van der Waals surface area contributed by atoms with Crippen LogP contribution in [0.5, 0.6) is 0 Å². The summed E-state index contributed by atoms with van der Waals surface area (Å²) in [5.41, 5.74) is 1.21. The first-order valence-corrected chi connectivity index (χ1v) is 9.28. The summed E-state index contributed by atoms with van der Waals surface area (Å²) in [6.45, 7) is 6.37. The van der Waals surface area contributed by atoms with Crippen molar-refractivity contribution < 1.29 is 22.8 Å². The van der Waals surface area contributed by atoms with E-state index in [2.05, 4.69) is 31.4 Å². The summed E-state index contributed by atoms with van der Waals surface area (Å²) in [7, 11) is 0. The largest absolute Gasteiger partial charge is 0.416 e. The van der Waals surface area contributed by atoms with E-state index in [4.69, 9.17) is 0 Å². The van der Waals surface area contributed by atoms with Gasteiger partial charge in [0.2, 0.25) is 5.91 Å². The Morgan fingerprint density at radius 1 is 0.897 bits per heavy atom. The van der Waals surface area contributed by atoms with Crippen molar-refractivity contribution in [2.75, 3.05) is 6.54 Å². The molecule has 0 saturated heterocycles. The molecule has 2 amide bonds. The molecule has 2 rings (SSSR count). The molecule has 4 nitrogen and oxygen atoms in total. The molecule has 156 valence electrons. The van der Waals surface area contributed by atoms with Gasteiger partial charge >= 0.3 is 6.18 Å². The topological polar surface area (TPSA) is 58.2 Å². The number of carbonyl (C=O) groups excluding carboxylic acids is 2. The van der Waals surface area contributed by atoms with Crippen LogP contribution in [0.1, 0.15) is 54.2 Å². The molecule has 0 unspecified atom stereocenters. The van der Waals surface area contributed by atoms with Gasteiger partial charge in [-0.15, -0.1) is 0 Å². The Kier molecular flexibility index (Phi) is 7.06. The Labute approximate surface area is 168 Å². The number of amides is 2. The van der Waals surface area contributed by atoms with Crippen LogP contribution in [-0.2, 0) is 22.9 Å². The zero-order valence-electron chi connectivity index (χ0n) is 16.7. The van der Waals surface area contributed by atoms with E-state index >= 15 is 0 Å². The van der Waals surface area contributed by atoms with Crippen molar-refractivity contribution in [3.05, 3.63) is 70.8 Å². The van der Waals surface area contributed by atoms with Gasteiger partial charge in [0.15, 0.2) is 0 Å². The van der Waals surface area contributed by atoms with E-state index in [1.165, 1.54) is 12.1 Å². The van der Waals surface area contributed by atoms with E-state index in [0.717, 1.165) is 17.7 Å². The SMILES string of the molecule is CC(C)(C)c1ccc(C(=O)NCCC(=O)NCc2cccc(C(F)(F)F)c2)cc1. The van der Waals surface area contributed by atoms with Crippen molar-refractivity contribution in [3.8, 4) is 0 Å². The second-order valence-electron chi connectivity index (χ2n) is 7.81. The molecule has 0 radical (unpaired) electrons. The lowest BCUT2D eigenvalue weighted by molar-refractivity contribution is -0.137. The fraction of sp³-hybridized carbons (Fsp3) is 0.364. The number of halogens is 3. The molecule has 2 aromatic rings. The molecule has 0 aliphatic heterocycles. The monoisotopic (exact) mass is 406 g/mol. The van der Waals surface area contributed by atoms with Crippen molar-refractivity contribution in [2.45, 2.75) is 45.3 Å². The summed E-state index contributed by atoms with van der Waals surface area (Å²) in [5, 5.41) is 5.22. The lowest BCUT2D eigenvalue weighted by atomic mass is 9.87. The average Bonchev–Trinajstić information content (AvgIpc) is 2.65. The van der Waals surface area contributed by atoms with Gasteiger partial charge in [0, 0.05) is 25.1 Å². The van der Waals surface area contributed by atoms with Gasteiger partial charge in [-0.05, 0) is 40.8 Å². The van der Waals surface area contributed by atoms with Gasteiger partial charge in [-0.25, -0.2) is 0 Å². The van der Waals surface area contributed by atoms with Crippen molar-refractivity contribution in [1.82, 2.24) is 10.6 Å². The Bertz CT molecular complexity index is 854. The molecule has 0 aromatic heterocycles. The molecule has 2 aromatic carbocycles. The van der Waals surface area contributed by atoms with Gasteiger partial charge < -0.3 is 10.6 Å². The highest BCUT2D eigenvalue weighted by atomic mass is 19.4. The van der Waals surface area contributed by atoms with Crippen molar-refractivity contribution in [1.29, 1.82) is 0 Å². The van der Waals surface area contributed by atoms with Crippen molar-refractivity contribution in [2.24, 2.45) is 0 Å². The normalized spacial score (nSPS) is 11.8. The molecule has 0 spiro atoms. The first kappa shape index (κ1) is 22.5. The number of alkyl halides is 3. The number of hydrogen-bond acceptors (Lipinski definition) is 2. The van der Waals surface area contributed by atoms with Crippen LogP contribution in [0.4, 0.5) is 13.2 Å². The Morgan fingerprint density at radius 3 is 2.14 bits per heavy atom. The minimum atomic E-state index is -4.42. The van der Waals surface area contributed by atoms with Crippen LogP contribution < -0.4 is 10.6 Å². The van der Waals surface area contributed by atoms with Crippen LogP contribution in [-0.4, -0.2) is 18.4 Å². The quantitative estimate of drug-likeness (QED) is 0.745. The first-order valence-electron chi connectivity index (χ1n) is 9.28. The lowest BCUT2D eigenvalue weighted by Gasteiger charge is -2.19. The molecule has 0 aliphatic carbocycles. The number of hydrogen-bond donors (Lipinski definition) is 2. The predicted octanol–water partition coefficient (Wildman–Crippen LogP) is 4.44. The molecule has 29 heavy (non-hydrogen) atoms. The fourth-order valence-corrected chi connectivity index (χ4v) is 2.66. The zero-order valence-corrected chi connectivity index (χ0v) is 16.7. The molecule has 7 heteroatoms. The van der Waals surface area contributed by atoms with E-state index in [1.807, 2.05) is 12.1 Å². The van der Waals surface area contributed by atoms with Crippen LogP contribution in [0.3, 0.4) is 0 Å². The van der Waals surface area contributed by atoms with Gasteiger partial charge in [-0.2, -0.15) is 13.2 Å². The average molecular weight is 406 g/mol. The highest BCUT2D eigenvalue weighted by molar-refractivity contribution is 5.94. The van der Waals surface area contributed by atoms with E-state index in [0.29, 0.717) is 11.1 Å². The molecule has 0 aliphatic rings. The highest BCUT2D eigenvalue weighted by Crippen LogP contribution is 2.29. The summed E-state index contributed by atoms with van der Waals surface area (Å²) in [6, 6.07) is 12.1. The van der Waals surface area contributed by atoms with Crippen LogP contribution in [0, 0.1) is 0 Å². The molecule has 0 atom stereocenters. The number of rotatable bonds is 6.